The maximum atomic E-state index is 12.3. The maximum absolute atomic E-state index is 12.3. The molecular formula is C14H12F2N6O2. The van der Waals surface area contributed by atoms with E-state index < -0.39 is 6.61 Å². The van der Waals surface area contributed by atoms with Gasteiger partial charge < -0.3 is 10.1 Å². The number of fused-ring (bicyclic) bond motifs is 1. The monoisotopic (exact) mass is 334 g/mol. The number of carbonyl (C=O) groups excluding carboxylic acids is 1. The van der Waals surface area contributed by atoms with Gasteiger partial charge in [0.15, 0.2) is 5.65 Å². The summed E-state index contributed by atoms with van der Waals surface area (Å²) in [5.74, 6) is -0.590. The summed E-state index contributed by atoms with van der Waals surface area (Å²) < 4.78 is 30.1. The molecule has 0 aromatic carbocycles. The number of aromatic nitrogens is 5. The third-order valence-corrected chi connectivity index (χ3v) is 3.20. The number of halogens is 2. The Kier molecular flexibility index (Phi) is 4.27. The SMILES string of the molecule is Cn1nnc2c(C(=O)NCc3ccnc(OC(F)F)c3)ccnc21. The lowest BCUT2D eigenvalue weighted by atomic mass is 10.2. The number of ether oxygens (including phenoxy) is 1. The highest BCUT2D eigenvalue weighted by molar-refractivity contribution is 6.03. The number of hydrogen-bond donors (Lipinski definition) is 1. The maximum Gasteiger partial charge on any atom is 0.388 e. The lowest BCUT2D eigenvalue weighted by Gasteiger charge is -2.07. The minimum absolute atomic E-state index is 0.116. The van der Waals surface area contributed by atoms with Crippen LogP contribution in [0.3, 0.4) is 0 Å². The number of nitrogens with one attached hydrogen (secondary N) is 1. The summed E-state index contributed by atoms with van der Waals surface area (Å²) >= 11 is 0. The molecule has 1 amide bonds. The Hall–Kier alpha value is -3.17. The van der Waals surface area contributed by atoms with Crippen molar-refractivity contribution in [1.29, 1.82) is 0 Å². The highest BCUT2D eigenvalue weighted by atomic mass is 19.3. The highest BCUT2D eigenvalue weighted by Gasteiger charge is 2.15. The van der Waals surface area contributed by atoms with Gasteiger partial charge in [-0.3, -0.25) is 4.79 Å². The van der Waals surface area contributed by atoms with Crippen LogP contribution in [0.15, 0.2) is 30.6 Å². The lowest BCUT2D eigenvalue weighted by Crippen LogP contribution is -2.23. The van der Waals surface area contributed by atoms with Crippen LogP contribution in [0.5, 0.6) is 5.88 Å². The van der Waals surface area contributed by atoms with Crippen molar-refractivity contribution in [3.63, 3.8) is 0 Å². The lowest BCUT2D eigenvalue weighted by molar-refractivity contribution is -0.0529. The summed E-state index contributed by atoms with van der Waals surface area (Å²) in [6, 6.07) is 4.45. The zero-order valence-corrected chi connectivity index (χ0v) is 12.5. The van der Waals surface area contributed by atoms with E-state index in [1.807, 2.05) is 0 Å². The first-order valence-electron chi connectivity index (χ1n) is 6.87. The number of alkyl halides is 2. The smallest absolute Gasteiger partial charge is 0.388 e. The molecule has 0 atom stereocenters. The van der Waals surface area contributed by atoms with E-state index in [-0.39, 0.29) is 18.3 Å². The van der Waals surface area contributed by atoms with Crippen LogP contribution in [-0.2, 0) is 13.6 Å². The zero-order valence-electron chi connectivity index (χ0n) is 12.5. The van der Waals surface area contributed by atoms with E-state index in [0.717, 1.165) is 0 Å². The van der Waals surface area contributed by atoms with E-state index in [1.165, 1.54) is 29.2 Å². The Morgan fingerprint density at radius 3 is 2.92 bits per heavy atom. The van der Waals surface area contributed by atoms with E-state index >= 15 is 0 Å². The van der Waals surface area contributed by atoms with Crippen LogP contribution in [0.4, 0.5) is 8.78 Å². The minimum Gasteiger partial charge on any atom is -0.417 e. The Bertz CT molecular complexity index is 883. The Morgan fingerprint density at radius 1 is 1.33 bits per heavy atom. The summed E-state index contributed by atoms with van der Waals surface area (Å²) in [5, 5.41) is 10.4. The molecule has 0 unspecified atom stereocenters. The fourth-order valence-corrected chi connectivity index (χ4v) is 2.11. The van der Waals surface area contributed by atoms with Gasteiger partial charge in [-0.05, 0) is 17.7 Å². The molecule has 10 heteroatoms. The topological polar surface area (TPSA) is 94.8 Å². The molecule has 8 nitrogen and oxygen atoms in total. The predicted octanol–water partition coefficient (Wildman–Crippen LogP) is 1.29. The fourth-order valence-electron chi connectivity index (χ4n) is 2.11. The fraction of sp³-hybridized carbons (Fsp3) is 0.214. The second kappa shape index (κ2) is 6.52. The largest absolute Gasteiger partial charge is 0.417 e. The van der Waals surface area contributed by atoms with E-state index in [9.17, 15) is 13.6 Å². The number of nitrogens with zero attached hydrogens (tertiary/aromatic N) is 5. The minimum atomic E-state index is -2.95. The summed E-state index contributed by atoms with van der Waals surface area (Å²) in [7, 11) is 1.67. The molecule has 0 saturated heterocycles. The van der Waals surface area contributed by atoms with Crippen LogP contribution in [0, 0.1) is 0 Å². The molecule has 0 aliphatic rings. The van der Waals surface area contributed by atoms with E-state index in [0.29, 0.717) is 22.3 Å². The average molecular weight is 334 g/mol. The van der Waals surface area contributed by atoms with Gasteiger partial charge in [-0.2, -0.15) is 8.78 Å². The van der Waals surface area contributed by atoms with Crippen molar-refractivity contribution in [3.8, 4) is 5.88 Å². The number of rotatable bonds is 5. The van der Waals surface area contributed by atoms with Crippen LogP contribution in [0.1, 0.15) is 15.9 Å². The first kappa shape index (κ1) is 15.7. The molecule has 3 rings (SSSR count). The molecule has 124 valence electrons. The Balaban J connectivity index is 1.73. The third-order valence-electron chi connectivity index (χ3n) is 3.20. The molecule has 0 bridgehead atoms. The summed E-state index contributed by atoms with van der Waals surface area (Å²) in [6.45, 7) is -2.84. The summed E-state index contributed by atoms with van der Waals surface area (Å²) in [4.78, 5) is 20.1. The quantitative estimate of drug-likeness (QED) is 0.755. The van der Waals surface area contributed by atoms with Crippen LogP contribution < -0.4 is 10.1 Å². The molecule has 24 heavy (non-hydrogen) atoms. The van der Waals surface area contributed by atoms with Gasteiger partial charge in [-0.25, -0.2) is 14.6 Å². The predicted molar refractivity (Wildman–Crippen MR) is 78.3 cm³/mol. The third kappa shape index (κ3) is 3.26. The second-order valence-electron chi connectivity index (χ2n) is 4.81. The Labute approximate surface area is 134 Å². The van der Waals surface area contributed by atoms with Crippen LogP contribution in [0.2, 0.25) is 0 Å². The zero-order chi connectivity index (χ0) is 17.1. The van der Waals surface area contributed by atoms with Crippen molar-refractivity contribution in [2.45, 2.75) is 13.2 Å². The van der Waals surface area contributed by atoms with Gasteiger partial charge in [-0.1, -0.05) is 5.21 Å². The van der Waals surface area contributed by atoms with Gasteiger partial charge in [-0.15, -0.1) is 5.10 Å². The normalized spacial score (nSPS) is 11.0. The van der Waals surface area contributed by atoms with Gasteiger partial charge in [0.05, 0.1) is 5.56 Å². The summed E-state index contributed by atoms with van der Waals surface area (Å²) in [5.41, 5.74) is 1.76. The van der Waals surface area contributed by atoms with Crippen molar-refractivity contribution in [1.82, 2.24) is 30.3 Å². The number of hydrogen-bond acceptors (Lipinski definition) is 6. The number of carbonyl (C=O) groups is 1. The number of pyridine rings is 2. The van der Waals surface area contributed by atoms with Crippen molar-refractivity contribution >= 4 is 17.1 Å². The molecule has 3 aromatic heterocycles. The second-order valence-corrected chi connectivity index (χ2v) is 4.81. The molecule has 0 radical (unpaired) electrons. The number of aryl methyl sites for hydroxylation is 1. The molecule has 0 fully saturated rings. The molecule has 0 aliphatic heterocycles. The van der Waals surface area contributed by atoms with Crippen molar-refractivity contribution in [2.75, 3.05) is 0 Å². The van der Waals surface area contributed by atoms with Crippen LogP contribution >= 0.6 is 0 Å². The van der Waals surface area contributed by atoms with Crippen molar-refractivity contribution in [2.24, 2.45) is 7.05 Å². The van der Waals surface area contributed by atoms with Crippen molar-refractivity contribution < 1.29 is 18.3 Å². The van der Waals surface area contributed by atoms with Gasteiger partial charge in [0, 0.05) is 32.1 Å². The Morgan fingerprint density at radius 2 is 2.12 bits per heavy atom. The van der Waals surface area contributed by atoms with Crippen LogP contribution in [-0.4, -0.2) is 37.5 Å². The van der Waals surface area contributed by atoms with E-state index in [4.69, 9.17) is 0 Å². The standard InChI is InChI=1S/C14H12F2N6O2/c1-22-12-11(20-21-22)9(3-5-18-12)13(23)19-7-8-2-4-17-10(6-8)24-14(15)16/h2-6,14H,7H2,1H3,(H,19,23). The first-order valence-corrected chi connectivity index (χ1v) is 6.87. The number of amides is 1. The van der Waals surface area contributed by atoms with Crippen molar-refractivity contribution in [3.05, 3.63) is 41.7 Å². The van der Waals surface area contributed by atoms with Gasteiger partial charge >= 0.3 is 6.61 Å². The first-order chi connectivity index (χ1) is 11.5. The molecule has 0 spiro atoms. The summed E-state index contributed by atoms with van der Waals surface area (Å²) in [6.07, 6.45) is 2.81. The van der Waals surface area contributed by atoms with E-state index in [2.05, 4.69) is 30.3 Å². The molecule has 1 N–H and O–H groups in total. The molecular weight excluding hydrogens is 322 g/mol. The van der Waals surface area contributed by atoms with Gasteiger partial charge in [0.25, 0.3) is 5.91 Å². The molecule has 3 aromatic rings. The van der Waals surface area contributed by atoms with Gasteiger partial charge in [0.1, 0.15) is 5.52 Å². The molecule has 3 heterocycles. The van der Waals surface area contributed by atoms with E-state index in [1.54, 1.807) is 13.1 Å². The van der Waals surface area contributed by atoms with Crippen LogP contribution in [0.25, 0.3) is 11.2 Å². The van der Waals surface area contributed by atoms with Gasteiger partial charge in [0.2, 0.25) is 5.88 Å². The molecule has 0 saturated carbocycles. The highest BCUT2D eigenvalue weighted by Crippen LogP contribution is 2.14. The molecule has 0 aliphatic carbocycles. The average Bonchev–Trinajstić information content (AvgIpc) is 2.94.